The van der Waals surface area contributed by atoms with Crippen LogP contribution in [0, 0.1) is 3.57 Å². The summed E-state index contributed by atoms with van der Waals surface area (Å²) in [5.41, 5.74) is 1.03. The lowest BCUT2D eigenvalue weighted by Crippen LogP contribution is -2.18. The molecule has 0 bridgehead atoms. The van der Waals surface area contributed by atoms with Gasteiger partial charge in [0, 0.05) is 17.3 Å². The SMILES string of the molecule is CCNc1nc(-c2cc(Cl)cs2)nc(C(C)(C)C)c1I. The molecule has 6 heteroatoms. The molecule has 0 fully saturated rings. The molecule has 0 saturated heterocycles. The molecule has 20 heavy (non-hydrogen) atoms. The molecule has 0 unspecified atom stereocenters. The van der Waals surface area contributed by atoms with Gasteiger partial charge in [0.05, 0.1) is 19.2 Å². The summed E-state index contributed by atoms with van der Waals surface area (Å²) in [5.74, 6) is 1.63. The van der Waals surface area contributed by atoms with E-state index in [1.807, 2.05) is 11.4 Å². The third-order valence-electron chi connectivity index (χ3n) is 2.69. The maximum atomic E-state index is 6.01. The summed E-state index contributed by atoms with van der Waals surface area (Å²) in [4.78, 5) is 10.4. The fourth-order valence-corrected chi connectivity index (χ4v) is 4.02. The zero-order valence-electron chi connectivity index (χ0n) is 11.9. The van der Waals surface area contributed by atoms with Crippen molar-refractivity contribution in [3.63, 3.8) is 0 Å². The fourth-order valence-electron chi connectivity index (χ4n) is 1.77. The number of rotatable bonds is 3. The quantitative estimate of drug-likeness (QED) is 0.693. The summed E-state index contributed by atoms with van der Waals surface area (Å²) in [6, 6.07) is 1.91. The Morgan fingerprint density at radius 2 is 2.05 bits per heavy atom. The smallest absolute Gasteiger partial charge is 0.172 e. The van der Waals surface area contributed by atoms with Gasteiger partial charge >= 0.3 is 0 Å². The summed E-state index contributed by atoms with van der Waals surface area (Å²) < 4.78 is 1.09. The number of hydrogen-bond donors (Lipinski definition) is 1. The van der Waals surface area contributed by atoms with Crippen LogP contribution in [0.5, 0.6) is 0 Å². The number of anilines is 1. The topological polar surface area (TPSA) is 37.8 Å². The van der Waals surface area contributed by atoms with Gasteiger partial charge in [0.1, 0.15) is 5.82 Å². The first kappa shape index (κ1) is 16.0. The monoisotopic (exact) mass is 421 g/mol. The third kappa shape index (κ3) is 3.43. The van der Waals surface area contributed by atoms with Crippen LogP contribution in [0.25, 0.3) is 10.7 Å². The highest BCUT2D eigenvalue weighted by Gasteiger charge is 2.23. The number of hydrogen-bond acceptors (Lipinski definition) is 4. The van der Waals surface area contributed by atoms with Gasteiger partial charge in [-0.1, -0.05) is 32.4 Å². The maximum Gasteiger partial charge on any atom is 0.172 e. The Hall–Kier alpha value is -0.400. The molecule has 2 aromatic rings. The zero-order valence-corrected chi connectivity index (χ0v) is 15.7. The minimum atomic E-state index is -0.0283. The van der Waals surface area contributed by atoms with Crippen molar-refractivity contribution in [2.75, 3.05) is 11.9 Å². The summed E-state index contributed by atoms with van der Waals surface area (Å²) in [7, 11) is 0. The van der Waals surface area contributed by atoms with Crippen molar-refractivity contribution in [1.29, 1.82) is 0 Å². The molecule has 2 aromatic heterocycles. The van der Waals surface area contributed by atoms with Crippen molar-refractivity contribution in [2.24, 2.45) is 0 Å². The predicted molar refractivity (Wildman–Crippen MR) is 95.9 cm³/mol. The second-order valence-corrected chi connectivity index (χ2v) is 7.89. The van der Waals surface area contributed by atoms with Crippen molar-refractivity contribution < 1.29 is 0 Å². The molecule has 0 aliphatic rings. The van der Waals surface area contributed by atoms with Gasteiger partial charge in [-0.3, -0.25) is 0 Å². The van der Waals surface area contributed by atoms with Gasteiger partial charge < -0.3 is 5.32 Å². The van der Waals surface area contributed by atoms with E-state index in [1.165, 1.54) is 0 Å². The third-order valence-corrected chi connectivity index (χ3v) is 4.99. The fraction of sp³-hybridized carbons (Fsp3) is 0.429. The standard InChI is InChI=1S/C14H17ClIN3S/c1-5-17-13-10(16)11(14(2,3)4)18-12(19-13)9-6-8(15)7-20-9/h6-7H,5H2,1-4H3,(H,17,18,19). The number of thiophene rings is 1. The Balaban J connectivity index is 2.61. The van der Waals surface area contributed by atoms with Crippen LogP contribution in [0.3, 0.4) is 0 Å². The van der Waals surface area contributed by atoms with Crippen molar-refractivity contribution in [3.05, 3.63) is 25.7 Å². The van der Waals surface area contributed by atoms with Crippen LogP contribution < -0.4 is 5.32 Å². The van der Waals surface area contributed by atoms with Crippen LogP contribution in [0.15, 0.2) is 11.4 Å². The molecule has 0 radical (unpaired) electrons. The lowest BCUT2D eigenvalue weighted by Gasteiger charge is -2.21. The molecule has 0 spiro atoms. The minimum Gasteiger partial charge on any atom is -0.369 e. The van der Waals surface area contributed by atoms with Gasteiger partial charge in [-0.2, -0.15) is 0 Å². The summed E-state index contributed by atoms with van der Waals surface area (Å²) in [6.07, 6.45) is 0. The van der Waals surface area contributed by atoms with E-state index in [4.69, 9.17) is 16.6 Å². The van der Waals surface area contributed by atoms with E-state index in [0.29, 0.717) is 0 Å². The summed E-state index contributed by atoms with van der Waals surface area (Å²) in [5, 5.41) is 5.95. The van der Waals surface area contributed by atoms with Crippen LogP contribution in [0.1, 0.15) is 33.4 Å². The largest absolute Gasteiger partial charge is 0.369 e. The molecule has 0 saturated carbocycles. The highest BCUT2D eigenvalue weighted by atomic mass is 127. The van der Waals surface area contributed by atoms with Crippen LogP contribution in [0.4, 0.5) is 5.82 Å². The number of halogens is 2. The molecule has 0 aliphatic carbocycles. The first-order valence-corrected chi connectivity index (χ1v) is 8.73. The minimum absolute atomic E-state index is 0.0283. The number of aromatic nitrogens is 2. The average molecular weight is 422 g/mol. The van der Waals surface area contributed by atoms with Gasteiger partial charge in [-0.05, 0) is 35.6 Å². The number of nitrogens with one attached hydrogen (secondary N) is 1. The Kier molecular flexibility index (Phi) is 4.92. The molecule has 0 aromatic carbocycles. The molecule has 108 valence electrons. The number of nitrogens with zero attached hydrogens (tertiary/aromatic N) is 2. The van der Waals surface area contributed by atoms with Crippen molar-refractivity contribution >= 4 is 51.3 Å². The molecule has 0 atom stereocenters. The first-order chi connectivity index (χ1) is 9.32. The Morgan fingerprint density at radius 3 is 2.55 bits per heavy atom. The van der Waals surface area contributed by atoms with E-state index < -0.39 is 0 Å². The molecule has 1 N–H and O–H groups in total. The second kappa shape index (κ2) is 6.15. The Morgan fingerprint density at radius 1 is 1.35 bits per heavy atom. The van der Waals surface area contributed by atoms with Gasteiger partial charge in [0.2, 0.25) is 0 Å². The highest BCUT2D eigenvalue weighted by molar-refractivity contribution is 14.1. The van der Waals surface area contributed by atoms with Crippen LogP contribution in [-0.4, -0.2) is 16.5 Å². The van der Waals surface area contributed by atoms with Gasteiger partial charge in [0.25, 0.3) is 0 Å². The Bertz CT molecular complexity index is 619. The van der Waals surface area contributed by atoms with E-state index >= 15 is 0 Å². The second-order valence-electron chi connectivity index (χ2n) is 5.47. The van der Waals surface area contributed by atoms with Crippen LogP contribution in [-0.2, 0) is 5.41 Å². The molecular weight excluding hydrogens is 405 g/mol. The molecule has 0 amide bonds. The molecule has 2 heterocycles. The van der Waals surface area contributed by atoms with E-state index in [-0.39, 0.29) is 5.41 Å². The van der Waals surface area contributed by atoms with Crippen molar-refractivity contribution in [1.82, 2.24) is 9.97 Å². The van der Waals surface area contributed by atoms with Gasteiger partial charge in [-0.25, -0.2) is 9.97 Å². The van der Waals surface area contributed by atoms with E-state index in [1.54, 1.807) is 11.3 Å². The summed E-state index contributed by atoms with van der Waals surface area (Å²) >= 11 is 9.90. The van der Waals surface area contributed by atoms with Gasteiger partial charge in [-0.15, -0.1) is 11.3 Å². The van der Waals surface area contributed by atoms with Crippen molar-refractivity contribution in [2.45, 2.75) is 33.1 Å². The molecule has 3 nitrogen and oxygen atoms in total. The lowest BCUT2D eigenvalue weighted by atomic mass is 9.92. The van der Waals surface area contributed by atoms with Crippen LogP contribution in [0.2, 0.25) is 5.02 Å². The lowest BCUT2D eigenvalue weighted by molar-refractivity contribution is 0.564. The molecular formula is C14H17ClIN3S. The maximum absolute atomic E-state index is 6.01. The highest BCUT2D eigenvalue weighted by Crippen LogP contribution is 2.34. The summed E-state index contributed by atoms with van der Waals surface area (Å²) in [6.45, 7) is 9.40. The zero-order chi connectivity index (χ0) is 14.9. The van der Waals surface area contributed by atoms with Gasteiger partial charge in [0.15, 0.2) is 5.82 Å². The van der Waals surface area contributed by atoms with Crippen LogP contribution >= 0.6 is 45.5 Å². The normalized spacial score (nSPS) is 11.7. The molecule has 0 aliphatic heterocycles. The predicted octanol–water partition coefficient (Wildman–Crippen LogP) is 5.19. The van der Waals surface area contributed by atoms with E-state index in [0.717, 1.165) is 37.4 Å². The van der Waals surface area contributed by atoms with E-state index in [9.17, 15) is 0 Å². The Labute approximate surface area is 142 Å². The van der Waals surface area contributed by atoms with E-state index in [2.05, 4.69) is 60.6 Å². The average Bonchev–Trinajstić information content (AvgIpc) is 2.77. The van der Waals surface area contributed by atoms with Crippen molar-refractivity contribution in [3.8, 4) is 10.7 Å². The first-order valence-electron chi connectivity index (χ1n) is 6.39. The molecule has 2 rings (SSSR count).